The number of hydrogen-bond donors (Lipinski definition) is 1. The molecule has 20 heavy (non-hydrogen) atoms. The maximum atomic E-state index is 11.9. The van der Waals surface area contributed by atoms with Crippen LogP contribution in [0, 0.1) is 0 Å². The van der Waals surface area contributed by atoms with Crippen LogP contribution >= 0.6 is 11.3 Å². The van der Waals surface area contributed by atoms with Gasteiger partial charge in [0.05, 0.1) is 0 Å². The van der Waals surface area contributed by atoms with E-state index in [1.54, 1.807) is 11.3 Å². The van der Waals surface area contributed by atoms with Crippen molar-refractivity contribution in [2.75, 3.05) is 18.0 Å². The quantitative estimate of drug-likeness (QED) is 0.912. The molecule has 1 amide bonds. The van der Waals surface area contributed by atoms with Crippen LogP contribution in [-0.2, 0) is 11.3 Å². The Morgan fingerprint density at radius 1 is 1.45 bits per heavy atom. The molecule has 1 unspecified atom stereocenters. The lowest BCUT2D eigenvalue weighted by molar-refractivity contribution is -0.121. The van der Waals surface area contributed by atoms with Crippen LogP contribution in [0.2, 0.25) is 0 Å². The van der Waals surface area contributed by atoms with E-state index in [1.165, 1.54) is 0 Å². The maximum absolute atomic E-state index is 11.9. The molecule has 0 spiro atoms. The fraction of sp³-hybridized carbons (Fsp3) is 0.429. The summed E-state index contributed by atoms with van der Waals surface area (Å²) in [6, 6.07) is 4.22. The van der Waals surface area contributed by atoms with E-state index in [0.29, 0.717) is 19.1 Å². The van der Waals surface area contributed by atoms with E-state index >= 15 is 0 Å². The number of nitrogens with one attached hydrogen (secondary N) is 1. The predicted molar refractivity (Wildman–Crippen MR) is 79.9 cm³/mol. The SMILES string of the molecule is O=C(Cn1cccc1)NCC1CCCN1c1nccs1. The fourth-order valence-corrected chi connectivity index (χ4v) is 3.33. The molecule has 2 aromatic rings. The largest absolute Gasteiger partial charge is 0.352 e. The summed E-state index contributed by atoms with van der Waals surface area (Å²) >= 11 is 1.66. The summed E-state index contributed by atoms with van der Waals surface area (Å²) in [6.45, 7) is 2.11. The highest BCUT2D eigenvalue weighted by atomic mass is 32.1. The summed E-state index contributed by atoms with van der Waals surface area (Å²) in [5.74, 6) is 0.0622. The second kappa shape index (κ2) is 6.09. The molecule has 3 heterocycles. The van der Waals surface area contributed by atoms with Gasteiger partial charge in [-0.3, -0.25) is 4.79 Å². The molecule has 0 radical (unpaired) electrons. The van der Waals surface area contributed by atoms with Crippen molar-refractivity contribution in [3.63, 3.8) is 0 Å². The molecule has 1 atom stereocenters. The number of carbonyl (C=O) groups excluding carboxylic acids is 1. The number of hydrogen-bond acceptors (Lipinski definition) is 4. The van der Waals surface area contributed by atoms with Crippen molar-refractivity contribution in [1.82, 2.24) is 14.9 Å². The number of carbonyl (C=O) groups is 1. The minimum Gasteiger partial charge on any atom is -0.352 e. The highest BCUT2D eigenvalue weighted by Crippen LogP contribution is 2.26. The summed E-state index contributed by atoms with van der Waals surface area (Å²) in [5.41, 5.74) is 0. The second-order valence-corrected chi connectivity index (χ2v) is 5.84. The molecule has 1 N–H and O–H groups in total. The van der Waals surface area contributed by atoms with Crippen molar-refractivity contribution in [3.8, 4) is 0 Å². The first-order valence-corrected chi connectivity index (χ1v) is 7.74. The minimum absolute atomic E-state index is 0.0622. The van der Waals surface area contributed by atoms with Crippen LogP contribution in [0.4, 0.5) is 5.13 Å². The Kier molecular flexibility index (Phi) is 4.01. The summed E-state index contributed by atoms with van der Waals surface area (Å²) in [6.07, 6.45) is 7.91. The maximum Gasteiger partial charge on any atom is 0.239 e. The molecule has 0 aromatic carbocycles. The number of nitrogens with zero attached hydrogens (tertiary/aromatic N) is 3. The van der Waals surface area contributed by atoms with Crippen molar-refractivity contribution in [1.29, 1.82) is 0 Å². The average Bonchev–Trinajstić information content (AvgIpc) is 3.18. The first-order valence-electron chi connectivity index (χ1n) is 6.86. The fourth-order valence-electron chi connectivity index (χ4n) is 2.59. The van der Waals surface area contributed by atoms with E-state index < -0.39 is 0 Å². The van der Waals surface area contributed by atoms with Gasteiger partial charge in [0.1, 0.15) is 6.54 Å². The third kappa shape index (κ3) is 3.01. The Bertz CT molecular complexity index is 538. The second-order valence-electron chi connectivity index (χ2n) is 4.96. The molecule has 3 rings (SSSR count). The van der Waals surface area contributed by atoms with Crippen LogP contribution in [-0.4, -0.2) is 34.6 Å². The zero-order valence-corrected chi connectivity index (χ0v) is 12.1. The monoisotopic (exact) mass is 290 g/mol. The highest BCUT2D eigenvalue weighted by molar-refractivity contribution is 7.13. The van der Waals surface area contributed by atoms with Gasteiger partial charge < -0.3 is 14.8 Å². The predicted octanol–water partition coefficient (Wildman–Crippen LogP) is 1.73. The molecule has 0 saturated carbocycles. The Balaban J connectivity index is 1.51. The van der Waals surface area contributed by atoms with E-state index in [2.05, 4.69) is 15.2 Å². The van der Waals surface area contributed by atoms with Crippen LogP contribution in [0.15, 0.2) is 36.1 Å². The van der Waals surface area contributed by atoms with Gasteiger partial charge >= 0.3 is 0 Å². The van der Waals surface area contributed by atoms with Gasteiger partial charge in [0.2, 0.25) is 5.91 Å². The Morgan fingerprint density at radius 2 is 2.30 bits per heavy atom. The molecule has 106 valence electrons. The van der Waals surface area contributed by atoms with Crippen molar-refractivity contribution in [3.05, 3.63) is 36.1 Å². The van der Waals surface area contributed by atoms with E-state index in [1.807, 2.05) is 40.7 Å². The molecule has 2 aromatic heterocycles. The van der Waals surface area contributed by atoms with Gasteiger partial charge in [0, 0.05) is 43.1 Å². The first-order chi connectivity index (χ1) is 9.83. The first kappa shape index (κ1) is 13.2. The van der Waals surface area contributed by atoms with E-state index in [9.17, 15) is 4.79 Å². The number of thiazole rings is 1. The average molecular weight is 290 g/mol. The van der Waals surface area contributed by atoms with Gasteiger partial charge in [0.15, 0.2) is 5.13 Å². The molecule has 0 aliphatic carbocycles. The number of rotatable bonds is 5. The summed E-state index contributed by atoms with van der Waals surface area (Å²) in [5, 5.41) is 6.09. The lowest BCUT2D eigenvalue weighted by Crippen LogP contribution is -2.41. The van der Waals surface area contributed by atoms with E-state index in [4.69, 9.17) is 0 Å². The Morgan fingerprint density at radius 3 is 3.05 bits per heavy atom. The van der Waals surface area contributed by atoms with Crippen molar-refractivity contribution in [2.24, 2.45) is 0 Å². The number of anilines is 1. The van der Waals surface area contributed by atoms with Gasteiger partial charge in [-0.2, -0.15) is 0 Å². The Labute approximate surface area is 122 Å². The molecule has 1 saturated heterocycles. The lowest BCUT2D eigenvalue weighted by Gasteiger charge is -2.24. The van der Waals surface area contributed by atoms with E-state index in [-0.39, 0.29) is 5.91 Å². The number of amides is 1. The van der Waals surface area contributed by atoms with Crippen LogP contribution in [0.25, 0.3) is 0 Å². The third-order valence-electron chi connectivity index (χ3n) is 3.57. The molecule has 0 bridgehead atoms. The van der Waals surface area contributed by atoms with Gasteiger partial charge in [-0.05, 0) is 25.0 Å². The topological polar surface area (TPSA) is 50.2 Å². The van der Waals surface area contributed by atoms with Gasteiger partial charge in [-0.15, -0.1) is 11.3 Å². The van der Waals surface area contributed by atoms with Crippen molar-refractivity contribution < 1.29 is 4.79 Å². The van der Waals surface area contributed by atoms with Gasteiger partial charge in [0.25, 0.3) is 0 Å². The normalized spacial score (nSPS) is 18.4. The molecule has 6 heteroatoms. The van der Waals surface area contributed by atoms with Crippen LogP contribution in [0.1, 0.15) is 12.8 Å². The third-order valence-corrected chi connectivity index (χ3v) is 4.38. The van der Waals surface area contributed by atoms with Crippen molar-refractivity contribution >= 4 is 22.4 Å². The highest BCUT2D eigenvalue weighted by Gasteiger charge is 2.26. The molecule has 1 aliphatic heterocycles. The molecular weight excluding hydrogens is 272 g/mol. The molecular formula is C14H18N4OS. The van der Waals surface area contributed by atoms with Gasteiger partial charge in [-0.1, -0.05) is 0 Å². The smallest absolute Gasteiger partial charge is 0.239 e. The van der Waals surface area contributed by atoms with Crippen LogP contribution in [0.5, 0.6) is 0 Å². The molecule has 1 aliphatic rings. The standard InChI is InChI=1S/C14H18N4OS/c19-13(11-17-6-1-2-7-17)16-10-12-4-3-8-18(12)14-15-5-9-20-14/h1-2,5-7,9,12H,3-4,8,10-11H2,(H,16,19). The van der Waals surface area contributed by atoms with E-state index in [0.717, 1.165) is 24.5 Å². The summed E-state index contributed by atoms with van der Waals surface area (Å²) < 4.78 is 1.88. The number of aromatic nitrogens is 2. The zero-order valence-electron chi connectivity index (χ0n) is 11.2. The van der Waals surface area contributed by atoms with Gasteiger partial charge in [-0.25, -0.2) is 4.98 Å². The molecule has 1 fully saturated rings. The lowest BCUT2D eigenvalue weighted by atomic mass is 10.2. The van der Waals surface area contributed by atoms with Crippen molar-refractivity contribution in [2.45, 2.75) is 25.4 Å². The summed E-state index contributed by atoms with van der Waals surface area (Å²) in [7, 11) is 0. The molecule has 5 nitrogen and oxygen atoms in total. The zero-order chi connectivity index (χ0) is 13.8. The minimum atomic E-state index is 0.0622. The Hall–Kier alpha value is -1.82. The summed E-state index contributed by atoms with van der Waals surface area (Å²) in [4.78, 5) is 18.6. The van der Waals surface area contributed by atoms with Crippen LogP contribution in [0.3, 0.4) is 0 Å². The van der Waals surface area contributed by atoms with Crippen LogP contribution < -0.4 is 10.2 Å².